The molecular formula is C19H19NO5. The lowest BCUT2D eigenvalue weighted by molar-refractivity contribution is -0.116. The van der Waals surface area contributed by atoms with Gasteiger partial charge in [0.15, 0.2) is 0 Å². The minimum absolute atomic E-state index is 0.0788. The van der Waals surface area contributed by atoms with Crippen LogP contribution in [0.4, 0.5) is 5.69 Å². The average Bonchev–Trinajstić information content (AvgIpc) is 2.65. The molecule has 6 nitrogen and oxygen atoms in total. The SMILES string of the molecule is COC(=O)c1ccc([C@@H]2CC(=O)Nc3cc(OC)cc(OC)c32)cc1. The highest BCUT2D eigenvalue weighted by Gasteiger charge is 2.30. The van der Waals surface area contributed by atoms with Gasteiger partial charge < -0.3 is 19.5 Å². The first-order valence-electron chi connectivity index (χ1n) is 7.81. The van der Waals surface area contributed by atoms with E-state index in [4.69, 9.17) is 14.2 Å². The van der Waals surface area contributed by atoms with Gasteiger partial charge in [-0.05, 0) is 17.7 Å². The summed E-state index contributed by atoms with van der Waals surface area (Å²) in [7, 11) is 4.49. The molecule has 1 N–H and O–H groups in total. The molecule has 130 valence electrons. The van der Waals surface area contributed by atoms with Crippen molar-refractivity contribution in [3.8, 4) is 11.5 Å². The van der Waals surface area contributed by atoms with Crippen LogP contribution >= 0.6 is 0 Å². The standard InChI is InChI=1S/C19H19NO5/c1-23-13-8-15-18(16(9-13)24-2)14(10-17(21)20-15)11-4-6-12(7-5-11)19(22)25-3/h4-9,14H,10H2,1-3H3,(H,20,21)/t14-/m0/s1. The number of benzene rings is 2. The van der Waals surface area contributed by atoms with Crippen molar-refractivity contribution >= 4 is 17.6 Å². The van der Waals surface area contributed by atoms with E-state index >= 15 is 0 Å². The molecule has 1 amide bonds. The second kappa shape index (κ2) is 6.84. The maximum Gasteiger partial charge on any atom is 0.337 e. The smallest absolute Gasteiger partial charge is 0.337 e. The zero-order valence-electron chi connectivity index (χ0n) is 14.3. The lowest BCUT2D eigenvalue weighted by Gasteiger charge is -2.28. The van der Waals surface area contributed by atoms with E-state index in [1.807, 2.05) is 12.1 Å². The summed E-state index contributed by atoms with van der Waals surface area (Å²) in [5.41, 5.74) is 2.96. The predicted molar refractivity (Wildman–Crippen MR) is 92.4 cm³/mol. The lowest BCUT2D eigenvalue weighted by Crippen LogP contribution is -2.24. The third kappa shape index (κ3) is 3.15. The van der Waals surface area contributed by atoms with E-state index in [-0.39, 0.29) is 11.8 Å². The summed E-state index contributed by atoms with van der Waals surface area (Å²) in [6.07, 6.45) is 0.299. The highest BCUT2D eigenvalue weighted by molar-refractivity contribution is 5.96. The maximum absolute atomic E-state index is 12.2. The quantitative estimate of drug-likeness (QED) is 0.866. The van der Waals surface area contributed by atoms with Gasteiger partial charge in [0.05, 0.1) is 32.6 Å². The second-order valence-corrected chi connectivity index (χ2v) is 5.71. The van der Waals surface area contributed by atoms with E-state index in [2.05, 4.69) is 5.32 Å². The number of anilines is 1. The molecule has 3 rings (SSSR count). The van der Waals surface area contributed by atoms with E-state index in [1.165, 1.54) is 7.11 Å². The van der Waals surface area contributed by atoms with Crippen LogP contribution in [0.3, 0.4) is 0 Å². The van der Waals surface area contributed by atoms with E-state index in [0.717, 1.165) is 11.1 Å². The fraction of sp³-hybridized carbons (Fsp3) is 0.263. The minimum Gasteiger partial charge on any atom is -0.497 e. The Kier molecular flexibility index (Phi) is 4.61. The van der Waals surface area contributed by atoms with E-state index in [1.54, 1.807) is 38.5 Å². The minimum atomic E-state index is -0.393. The number of methoxy groups -OCH3 is 3. The van der Waals surface area contributed by atoms with Crippen LogP contribution < -0.4 is 14.8 Å². The van der Waals surface area contributed by atoms with Gasteiger partial charge in [-0.25, -0.2) is 4.79 Å². The van der Waals surface area contributed by atoms with Gasteiger partial charge in [-0.2, -0.15) is 0 Å². The van der Waals surface area contributed by atoms with Gasteiger partial charge in [0.1, 0.15) is 11.5 Å². The molecule has 2 aromatic carbocycles. The zero-order valence-corrected chi connectivity index (χ0v) is 14.3. The summed E-state index contributed by atoms with van der Waals surface area (Å²) in [5.74, 6) is 0.616. The number of hydrogen-bond donors (Lipinski definition) is 1. The van der Waals surface area contributed by atoms with Crippen molar-refractivity contribution in [3.63, 3.8) is 0 Å². The van der Waals surface area contributed by atoms with Crippen LogP contribution in [0.2, 0.25) is 0 Å². The van der Waals surface area contributed by atoms with Gasteiger partial charge in [-0.15, -0.1) is 0 Å². The molecule has 1 aliphatic heterocycles. The summed E-state index contributed by atoms with van der Waals surface area (Å²) in [6, 6.07) is 10.6. The Morgan fingerprint density at radius 1 is 1.08 bits per heavy atom. The van der Waals surface area contributed by atoms with E-state index in [0.29, 0.717) is 29.2 Å². The molecule has 0 saturated carbocycles. The fourth-order valence-electron chi connectivity index (χ4n) is 3.09. The molecule has 1 aliphatic rings. The number of nitrogens with one attached hydrogen (secondary N) is 1. The first-order valence-corrected chi connectivity index (χ1v) is 7.81. The highest BCUT2D eigenvalue weighted by atomic mass is 16.5. The Hall–Kier alpha value is -3.02. The largest absolute Gasteiger partial charge is 0.497 e. The molecular weight excluding hydrogens is 322 g/mol. The van der Waals surface area contributed by atoms with E-state index in [9.17, 15) is 9.59 Å². The van der Waals surface area contributed by atoms with Gasteiger partial charge in [-0.1, -0.05) is 12.1 Å². The molecule has 25 heavy (non-hydrogen) atoms. The van der Waals surface area contributed by atoms with Crippen LogP contribution in [0.15, 0.2) is 36.4 Å². The number of fused-ring (bicyclic) bond motifs is 1. The fourth-order valence-corrected chi connectivity index (χ4v) is 3.09. The van der Waals surface area contributed by atoms with Crippen molar-refractivity contribution in [2.45, 2.75) is 12.3 Å². The van der Waals surface area contributed by atoms with Crippen molar-refractivity contribution in [1.29, 1.82) is 0 Å². The molecule has 0 fully saturated rings. The summed E-state index contributed by atoms with van der Waals surface area (Å²) in [4.78, 5) is 23.8. The molecule has 0 bridgehead atoms. The zero-order chi connectivity index (χ0) is 18.0. The third-order valence-corrected chi connectivity index (χ3v) is 4.32. The van der Waals surface area contributed by atoms with Gasteiger partial charge >= 0.3 is 5.97 Å². The van der Waals surface area contributed by atoms with Gasteiger partial charge in [0, 0.05) is 30.0 Å². The number of amides is 1. The number of hydrogen-bond acceptors (Lipinski definition) is 5. The van der Waals surface area contributed by atoms with Crippen molar-refractivity contribution < 1.29 is 23.8 Å². The van der Waals surface area contributed by atoms with Crippen LogP contribution in [-0.4, -0.2) is 33.2 Å². The number of carbonyl (C=O) groups excluding carboxylic acids is 2. The van der Waals surface area contributed by atoms with Crippen LogP contribution in [-0.2, 0) is 9.53 Å². The summed E-state index contributed by atoms with van der Waals surface area (Å²) >= 11 is 0. The molecule has 2 aromatic rings. The second-order valence-electron chi connectivity index (χ2n) is 5.71. The van der Waals surface area contributed by atoms with Crippen molar-refractivity contribution in [3.05, 3.63) is 53.1 Å². The number of ether oxygens (including phenoxy) is 3. The van der Waals surface area contributed by atoms with Crippen LogP contribution in [0.1, 0.15) is 33.8 Å². The molecule has 1 atom stereocenters. The molecule has 0 unspecified atom stereocenters. The molecule has 0 saturated heterocycles. The normalized spacial score (nSPS) is 15.8. The Labute approximate surface area is 145 Å². The number of carbonyl (C=O) groups is 2. The highest BCUT2D eigenvalue weighted by Crippen LogP contribution is 2.44. The van der Waals surface area contributed by atoms with Crippen LogP contribution in [0, 0.1) is 0 Å². The molecule has 6 heteroatoms. The predicted octanol–water partition coefficient (Wildman–Crippen LogP) is 2.96. The topological polar surface area (TPSA) is 73.9 Å². The van der Waals surface area contributed by atoms with Crippen molar-refractivity contribution in [2.75, 3.05) is 26.6 Å². The van der Waals surface area contributed by atoms with Crippen molar-refractivity contribution in [2.24, 2.45) is 0 Å². The molecule has 1 heterocycles. The Bertz CT molecular complexity index is 813. The van der Waals surface area contributed by atoms with Crippen LogP contribution in [0.5, 0.6) is 11.5 Å². The van der Waals surface area contributed by atoms with Crippen molar-refractivity contribution in [1.82, 2.24) is 0 Å². The van der Waals surface area contributed by atoms with E-state index < -0.39 is 5.97 Å². The van der Waals surface area contributed by atoms with Gasteiger partial charge in [-0.3, -0.25) is 4.79 Å². The first-order chi connectivity index (χ1) is 12.1. The third-order valence-electron chi connectivity index (χ3n) is 4.32. The Morgan fingerprint density at radius 2 is 1.80 bits per heavy atom. The maximum atomic E-state index is 12.2. The number of rotatable bonds is 4. The molecule has 0 aromatic heterocycles. The van der Waals surface area contributed by atoms with Gasteiger partial charge in [0.25, 0.3) is 0 Å². The summed E-state index contributed by atoms with van der Waals surface area (Å²) in [5, 5.41) is 2.87. The summed E-state index contributed by atoms with van der Waals surface area (Å²) < 4.78 is 15.5. The molecule has 0 spiro atoms. The monoisotopic (exact) mass is 341 g/mol. The van der Waals surface area contributed by atoms with Gasteiger partial charge in [0.2, 0.25) is 5.91 Å². The molecule has 0 radical (unpaired) electrons. The number of esters is 1. The molecule has 0 aliphatic carbocycles. The van der Waals surface area contributed by atoms with Crippen LogP contribution in [0.25, 0.3) is 0 Å². The average molecular weight is 341 g/mol. The Morgan fingerprint density at radius 3 is 2.40 bits per heavy atom. The first kappa shape index (κ1) is 16.8. The summed E-state index contributed by atoms with van der Waals surface area (Å²) in [6.45, 7) is 0. The Balaban J connectivity index is 2.07. The lowest BCUT2D eigenvalue weighted by atomic mass is 9.83.